The van der Waals surface area contributed by atoms with Crippen molar-refractivity contribution in [2.75, 3.05) is 13.7 Å². The second-order valence-corrected chi connectivity index (χ2v) is 3.77. The first-order valence-electron chi connectivity index (χ1n) is 4.99. The summed E-state index contributed by atoms with van der Waals surface area (Å²) in [6.07, 6.45) is 8.21. The molecule has 1 saturated carbocycles. The van der Waals surface area contributed by atoms with Gasteiger partial charge in [-0.05, 0) is 25.7 Å². The van der Waals surface area contributed by atoms with Crippen LogP contribution in [-0.2, 0) is 4.74 Å². The summed E-state index contributed by atoms with van der Waals surface area (Å²) < 4.78 is 5.57. The Kier molecular flexibility index (Phi) is 4.02. The molecule has 0 aromatic carbocycles. The smallest absolute Gasteiger partial charge is 0.0679 e. The molecule has 1 fully saturated rings. The molecule has 0 aromatic heterocycles. The molecule has 0 spiro atoms. The average Bonchev–Trinajstić information content (AvgIpc) is 2.16. The molecule has 0 aromatic rings. The average molecular weight is 172 g/mol. The van der Waals surface area contributed by atoms with Crippen LogP contribution in [0.15, 0.2) is 0 Å². The highest BCUT2D eigenvalue weighted by molar-refractivity contribution is 4.83. The molecule has 0 atom stereocenters. The lowest BCUT2D eigenvalue weighted by Crippen LogP contribution is -2.34. The van der Waals surface area contributed by atoms with Crippen LogP contribution in [-0.4, -0.2) is 24.4 Å². The van der Waals surface area contributed by atoms with Gasteiger partial charge in [0.15, 0.2) is 0 Å². The number of rotatable bonds is 4. The van der Waals surface area contributed by atoms with E-state index in [1.165, 1.54) is 32.1 Å². The minimum atomic E-state index is 0.112. The first-order valence-corrected chi connectivity index (χ1v) is 4.99. The summed E-state index contributed by atoms with van der Waals surface area (Å²) in [6, 6.07) is 0. The van der Waals surface area contributed by atoms with Crippen LogP contribution < -0.4 is 0 Å². The van der Waals surface area contributed by atoms with Crippen LogP contribution >= 0.6 is 0 Å². The summed E-state index contributed by atoms with van der Waals surface area (Å²) in [6.45, 7) is 0.297. The van der Waals surface area contributed by atoms with Crippen LogP contribution in [0, 0.1) is 0 Å². The molecule has 0 aliphatic heterocycles. The molecule has 1 aliphatic rings. The van der Waals surface area contributed by atoms with Crippen molar-refractivity contribution in [3.05, 3.63) is 0 Å². The molecule has 0 unspecified atom stereocenters. The Morgan fingerprint density at radius 1 is 1.25 bits per heavy atom. The molecule has 1 N–H and O–H groups in total. The van der Waals surface area contributed by atoms with Gasteiger partial charge in [-0.3, -0.25) is 0 Å². The Morgan fingerprint density at radius 3 is 2.42 bits per heavy atom. The van der Waals surface area contributed by atoms with Gasteiger partial charge < -0.3 is 9.84 Å². The van der Waals surface area contributed by atoms with Crippen LogP contribution in [0.5, 0.6) is 0 Å². The van der Waals surface area contributed by atoms with Crippen LogP contribution in [0.3, 0.4) is 0 Å². The molecule has 0 heterocycles. The van der Waals surface area contributed by atoms with E-state index in [9.17, 15) is 0 Å². The quantitative estimate of drug-likeness (QED) is 0.703. The molecule has 72 valence electrons. The Bertz CT molecular complexity index is 117. The van der Waals surface area contributed by atoms with Gasteiger partial charge in [-0.15, -0.1) is 0 Å². The SMILES string of the molecule is COC1(CCCO)CCCCC1. The summed E-state index contributed by atoms with van der Waals surface area (Å²) >= 11 is 0. The van der Waals surface area contributed by atoms with Crippen molar-refractivity contribution in [2.24, 2.45) is 0 Å². The van der Waals surface area contributed by atoms with Crippen molar-refractivity contribution < 1.29 is 9.84 Å². The molecule has 0 radical (unpaired) electrons. The minimum Gasteiger partial charge on any atom is -0.396 e. The molecule has 2 nitrogen and oxygen atoms in total. The molecule has 2 heteroatoms. The third kappa shape index (κ3) is 2.46. The van der Waals surface area contributed by atoms with Crippen molar-refractivity contribution in [1.82, 2.24) is 0 Å². The molecule has 1 rings (SSSR count). The van der Waals surface area contributed by atoms with Gasteiger partial charge in [-0.1, -0.05) is 19.3 Å². The Morgan fingerprint density at radius 2 is 1.92 bits per heavy atom. The monoisotopic (exact) mass is 172 g/mol. The molecule has 1 aliphatic carbocycles. The summed E-state index contributed by atoms with van der Waals surface area (Å²) in [7, 11) is 1.81. The number of methoxy groups -OCH3 is 1. The van der Waals surface area contributed by atoms with E-state index in [2.05, 4.69) is 0 Å². The van der Waals surface area contributed by atoms with Crippen LogP contribution in [0.4, 0.5) is 0 Å². The van der Waals surface area contributed by atoms with Crippen LogP contribution in [0.2, 0.25) is 0 Å². The third-order valence-corrected chi connectivity index (χ3v) is 2.99. The maximum absolute atomic E-state index is 8.75. The number of ether oxygens (including phenoxy) is 1. The summed E-state index contributed by atoms with van der Waals surface area (Å²) in [5.74, 6) is 0. The molecule has 0 saturated heterocycles. The highest BCUT2D eigenvalue weighted by Gasteiger charge is 2.30. The molecule has 0 amide bonds. The molecule has 0 bridgehead atoms. The lowest BCUT2D eigenvalue weighted by atomic mass is 9.81. The van der Waals surface area contributed by atoms with Crippen molar-refractivity contribution in [1.29, 1.82) is 0 Å². The van der Waals surface area contributed by atoms with Crippen LogP contribution in [0.1, 0.15) is 44.9 Å². The zero-order valence-electron chi connectivity index (χ0n) is 8.01. The zero-order valence-corrected chi connectivity index (χ0v) is 8.01. The largest absolute Gasteiger partial charge is 0.396 e. The third-order valence-electron chi connectivity index (χ3n) is 2.99. The Labute approximate surface area is 74.9 Å². The fraction of sp³-hybridized carbons (Fsp3) is 1.00. The van der Waals surface area contributed by atoms with E-state index in [-0.39, 0.29) is 5.60 Å². The van der Waals surface area contributed by atoms with Gasteiger partial charge in [-0.25, -0.2) is 0 Å². The van der Waals surface area contributed by atoms with E-state index >= 15 is 0 Å². The van der Waals surface area contributed by atoms with Crippen molar-refractivity contribution in [2.45, 2.75) is 50.5 Å². The van der Waals surface area contributed by atoms with Crippen molar-refractivity contribution in [3.8, 4) is 0 Å². The number of hydrogen-bond donors (Lipinski definition) is 1. The number of aliphatic hydroxyl groups is 1. The maximum Gasteiger partial charge on any atom is 0.0679 e. The normalized spacial score (nSPS) is 22.5. The summed E-state index contributed by atoms with van der Waals surface area (Å²) in [5, 5.41) is 8.75. The zero-order chi connectivity index (χ0) is 8.86. The highest BCUT2D eigenvalue weighted by Crippen LogP contribution is 2.34. The number of hydrogen-bond acceptors (Lipinski definition) is 2. The first-order chi connectivity index (χ1) is 5.83. The van der Waals surface area contributed by atoms with E-state index in [4.69, 9.17) is 9.84 Å². The van der Waals surface area contributed by atoms with Gasteiger partial charge in [0.2, 0.25) is 0 Å². The van der Waals surface area contributed by atoms with E-state index in [0.717, 1.165) is 12.8 Å². The highest BCUT2D eigenvalue weighted by atomic mass is 16.5. The van der Waals surface area contributed by atoms with Crippen LogP contribution in [0.25, 0.3) is 0 Å². The summed E-state index contributed by atoms with van der Waals surface area (Å²) in [4.78, 5) is 0. The van der Waals surface area contributed by atoms with Crippen molar-refractivity contribution >= 4 is 0 Å². The van der Waals surface area contributed by atoms with E-state index in [0.29, 0.717) is 6.61 Å². The van der Waals surface area contributed by atoms with Gasteiger partial charge in [0, 0.05) is 13.7 Å². The topological polar surface area (TPSA) is 29.5 Å². The predicted octanol–water partition coefficient (Wildman–Crippen LogP) is 2.11. The lowest BCUT2D eigenvalue weighted by Gasteiger charge is -2.36. The van der Waals surface area contributed by atoms with Crippen molar-refractivity contribution in [3.63, 3.8) is 0 Å². The molecule has 12 heavy (non-hydrogen) atoms. The maximum atomic E-state index is 8.75. The van der Waals surface area contributed by atoms with E-state index < -0.39 is 0 Å². The van der Waals surface area contributed by atoms with Gasteiger partial charge in [-0.2, -0.15) is 0 Å². The fourth-order valence-electron chi connectivity index (χ4n) is 2.15. The van der Waals surface area contributed by atoms with E-state index in [1.54, 1.807) is 0 Å². The van der Waals surface area contributed by atoms with Gasteiger partial charge in [0.05, 0.1) is 5.60 Å². The second kappa shape index (κ2) is 4.83. The molecular formula is C10H20O2. The predicted molar refractivity (Wildman–Crippen MR) is 49.1 cm³/mol. The van der Waals surface area contributed by atoms with Gasteiger partial charge in [0.1, 0.15) is 0 Å². The van der Waals surface area contributed by atoms with Gasteiger partial charge in [0.25, 0.3) is 0 Å². The number of aliphatic hydroxyl groups excluding tert-OH is 1. The lowest BCUT2D eigenvalue weighted by molar-refractivity contribution is -0.0489. The fourth-order valence-corrected chi connectivity index (χ4v) is 2.15. The summed E-state index contributed by atoms with van der Waals surface area (Å²) in [5.41, 5.74) is 0.112. The van der Waals surface area contributed by atoms with E-state index in [1.807, 2.05) is 7.11 Å². The standard InChI is InChI=1S/C10H20O2/c1-12-10(8-5-9-11)6-3-2-4-7-10/h11H,2-9H2,1H3. The Hall–Kier alpha value is -0.0800. The Balaban J connectivity index is 2.37. The molecular weight excluding hydrogens is 152 g/mol. The van der Waals surface area contributed by atoms with Gasteiger partial charge >= 0.3 is 0 Å². The second-order valence-electron chi connectivity index (χ2n) is 3.77. The first kappa shape index (κ1) is 10.0. The minimum absolute atomic E-state index is 0.112.